The molecule has 0 fully saturated rings. The Hall–Kier alpha value is -4.18. The van der Waals surface area contributed by atoms with Crippen molar-refractivity contribution in [1.82, 2.24) is 5.32 Å². The first-order valence-electron chi connectivity index (χ1n) is 10.6. The maximum absolute atomic E-state index is 13.0. The van der Waals surface area contributed by atoms with E-state index >= 15 is 0 Å². The molecule has 0 bridgehead atoms. The number of benzene rings is 5. The van der Waals surface area contributed by atoms with Crippen LogP contribution in [0.1, 0.15) is 15.9 Å². The minimum Gasteiger partial charge on any atom is -0.368 e. The molecule has 1 atom stereocenters. The smallest absolute Gasteiger partial charge is 0.251 e. The number of hydrogen-bond donors (Lipinski definition) is 2. The van der Waals surface area contributed by atoms with Gasteiger partial charge in [0, 0.05) is 12.0 Å². The molecule has 5 aromatic rings. The Labute approximate surface area is 185 Å². The summed E-state index contributed by atoms with van der Waals surface area (Å²) in [6.07, 6.45) is 0.316. The SMILES string of the molecule is NC(=O)[C@@H](Cc1c2ccccc2cc2ccccc12)NC(=O)c1ccc2ccccc2c1. The minimum absolute atomic E-state index is 0.316. The largest absolute Gasteiger partial charge is 0.368 e. The maximum Gasteiger partial charge on any atom is 0.251 e. The molecule has 32 heavy (non-hydrogen) atoms. The van der Waals surface area contributed by atoms with E-state index in [-0.39, 0.29) is 5.91 Å². The second kappa shape index (κ2) is 8.16. The first-order valence-corrected chi connectivity index (χ1v) is 10.6. The normalized spacial score (nSPS) is 12.1. The molecule has 4 heteroatoms. The van der Waals surface area contributed by atoms with Crippen molar-refractivity contribution in [2.45, 2.75) is 12.5 Å². The predicted octanol–water partition coefficient (Wildman–Crippen LogP) is 4.97. The van der Waals surface area contributed by atoms with E-state index in [1.165, 1.54) is 0 Å². The number of carbonyl (C=O) groups excluding carboxylic acids is 2. The molecule has 0 aliphatic heterocycles. The van der Waals surface area contributed by atoms with Crippen LogP contribution in [0.3, 0.4) is 0 Å². The number of rotatable bonds is 5. The molecule has 5 aromatic carbocycles. The zero-order valence-electron chi connectivity index (χ0n) is 17.4. The van der Waals surface area contributed by atoms with Crippen LogP contribution in [-0.2, 0) is 11.2 Å². The van der Waals surface area contributed by atoms with Crippen LogP contribution in [0.15, 0.2) is 97.1 Å². The summed E-state index contributed by atoms with van der Waals surface area (Å²) in [5, 5.41) is 9.17. The molecule has 0 unspecified atom stereocenters. The third-order valence-corrected chi connectivity index (χ3v) is 5.95. The summed E-state index contributed by atoms with van der Waals surface area (Å²) in [6, 6.07) is 30.8. The molecule has 0 aliphatic carbocycles. The summed E-state index contributed by atoms with van der Waals surface area (Å²) in [7, 11) is 0. The van der Waals surface area contributed by atoms with E-state index in [4.69, 9.17) is 5.73 Å². The second-order valence-electron chi connectivity index (χ2n) is 7.99. The topological polar surface area (TPSA) is 72.2 Å². The average molecular weight is 418 g/mol. The van der Waals surface area contributed by atoms with Crippen molar-refractivity contribution in [1.29, 1.82) is 0 Å². The molecular weight excluding hydrogens is 396 g/mol. The van der Waals surface area contributed by atoms with Crippen molar-refractivity contribution < 1.29 is 9.59 Å². The lowest BCUT2D eigenvalue weighted by atomic mass is 9.92. The molecule has 0 saturated heterocycles. The molecule has 0 saturated carbocycles. The second-order valence-corrected chi connectivity index (χ2v) is 7.99. The molecule has 0 radical (unpaired) electrons. The van der Waals surface area contributed by atoms with Crippen molar-refractivity contribution in [3.63, 3.8) is 0 Å². The third kappa shape index (κ3) is 3.67. The van der Waals surface area contributed by atoms with Crippen LogP contribution in [0.2, 0.25) is 0 Å². The van der Waals surface area contributed by atoms with Gasteiger partial charge in [0.15, 0.2) is 0 Å². The van der Waals surface area contributed by atoms with Crippen LogP contribution in [0, 0.1) is 0 Å². The van der Waals surface area contributed by atoms with E-state index in [2.05, 4.69) is 23.5 Å². The van der Waals surface area contributed by atoms with Gasteiger partial charge in [0.25, 0.3) is 5.91 Å². The van der Waals surface area contributed by atoms with Crippen molar-refractivity contribution in [3.05, 3.63) is 108 Å². The summed E-state index contributed by atoms with van der Waals surface area (Å²) in [5.41, 5.74) is 7.24. The van der Waals surface area contributed by atoms with Gasteiger partial charge in [-0.1, -0.05) is 78.9 Å². The Morgan fingerprint density at radius 2 is 1.25 bits per heavy atom. The summed E-state index contributed by atoms with van der Waals surface area (Å²) in [4.78, 5) is 25.4. The molecule has 0 aliphatic rings. The minimum atomic E-state index is -0.830. The third-order valence-electron chi connectivity index (χ3n) is 5.95. The highest BCUT2D eigenvalue weighted by molar-refractivity contribution is 6.04. The van der Waals surface area contributed by atoms with Crippen molar-refractivity contribution in [2.24, 2.45) is 5.73 Å². The van der Waals surface area contributed by atoms with Crippen molar-refractivity contribution in [3.8, 4) is 0 Å². The standard InChI is InChI=1S/C28H22N2O2/c29-27(31)26(30-28(32)22-14-13-18-7-1-2-8-19(18)15-22)17-25-23-11-5-3-9-20(23)16-21-10-4-6-12-24(21)25/h1-16,26H,17H2,(H2,29,31)(H,30,32)/t26-/m1/s1. The fourth-order valence-electron chi connectivity index (χ4n) is 4.33. The fraction of sp³-hybridized carbons (Fsp3) is 0.0714. The van der Waals surface area contributed by atoms with E-state index in [9.17, 15) is 9.59 Å². The van der Waals surface area contributed by atoms with E-state index in [0.717, 1.165) is 37.9 Å². The zero-order chi connectivity index (χ0) is 22.1. The van der Waals surface area contributed by atoms with E-state index in [1.54, 1.807) is 6.07 Å². The lowest BCUT2D eigenvalue weighted by molar-refractivity contribution is -0.119. The fourth-order valence-corrected chi connectivity index (χ4v) is 4.33. The van der Waals surface area contributed by atoms with Gasteiger partial charge in [-0.3, -0.25) is 9.59 Å². The van der Waals surface area contributed by atoms with E-state index in [1.807, 2.05) is 72.8 Å². The number of nitrogens with one attached hydrogen (secondary N) is 1. The van der Waals surface area contributed by atoms with E-state index in [0.29, 0.717) is 12.0 Å². The van der Waals surface area contributed by atoms with Crippen LogP contribution < -0.4 is 11.1 Å². The lowest BCUT2D eigenvalue weighted by Gasteiger charge is -2.19. The van der Waals surface area contributed by atoms with Gasteiger partial charge in [-0.2, -0.15) is 0 Å². The first kappa shape index (κ1) is 19.8. The molecule has 0 spiro atoms. The molecule has 4 nitrogen and oxygen atoms in total. The summed E-state index contributed by atoms with van der Waals surface area (Å²) in [6.45, 7) is 0. The van der Waals surface area contributed by atoms with Crippen molar-refractivity contribution >= 4 is 44.1 Å². The average Bonchev–Trinajstić information content (AvgIpc) is 2.82. The van der Waals surface area contributed by atoms with Gasteiger partial charge in [-0.25, -0.2) is 0 Å². The van der Waals surface area contributed by atoms with Gasteiger partial charge < -0.3 is 11.1 Å². The number of amides is 2. The Kier molecular flexibility index (Phi) is 5.04. The summed E-state index contributed by atoms with van der Waals surface area (Å²) in [5.74, 6) is -0.875. The number of nitrogens with two attached hydrogens (primary N) is 1. The lowest BCUT2D eigenvalue weighted by Crippen LogP contribution is -2.45. The van der Waals surface area contributed by atoms with Crippen LogP contribution >= 0.6 is 0 Å². The van der Waals surface area contributed by atoms with Crippen molar-refractivity contribution in [2.75, 3.05) is 0 Å². The van der Waals surface area contributed by atoms with Gasteiger partial charge >= 0.3 is 0 Å². The molecule has 2 amide bonds. The Morgan fingerprint density at radius 3 is 1.88 bits per heavy atom. The highest BCUT2D eigenvalue weighted by Gasteiger charge is 2.22. The van der Waals surface area contributed by atoms with Crippen LogP contribution in [-0.4, -0.2) is 17.9 Å². The van der Waals surface area contributed by atoms with Gasteiger partial charge in [-0.15, -0.1) is 0 Å². The first-order chi connectivity index (χ1) is 15.6. The Morgan fingerprint density at radius 1 is 0.688 bits per heavy atom. The summed E-state index contributed by atoms with van der Waals surface area (Å²) < 4.78 is 0. The van der Waals surface area contributed by atoms with Gasteiger partial charge in [-0.05, 0) is 56.1 Å². The number of fused-ring (bicyclic) bond motifs is 3. The highest BCUT2D eigenvalue weighted by atomic mass is 16.2. The quantitative estimate of drug-likeness (QED) is 0.396. The monoisotopic (exact) mass is 418 g/mol. The van der Waals surface area contributed by atoms with Gasteiger partial charge in [0.1, 0.15) is 6.04 Å². The zero-order valence-corrected chi connectivity index (χ0v) is 17.4. The number of primary amides is 1. The summed E-state index contributed by atoms with van der Waals surface area (Å²) >= 11 is 0. The van der Waals surface area contributed by atoms with Gasteiger partial charge in [0.05, 0.1) is 0 Å². The molecular formula is C28H22N2O2. The number of hydrogen-bond acceptors (Lipinski definition) is 2. The van der Waals surface area contributed by atoms with Crippen LogP contribution in [0.5, 0.6) is 0 Å². The molecule has 0 heterocycles. The van der Waals surface area contributed by atoms with Gasteiger partial charge in [0.2, 0.25) is 5.91 Å². The highest BCUT2D eigenvalue weighted by Crippen LogP contribution is 2.29. The van der Waals surface area contributed by atoms with Crippen LogP contribution in [0.4, 0.5) is 0 Å². The molecule has 156 valence electrons. The number of carbonyl (C=O) groups is 2. The Balaban J connectivity index is 1.51. The molecule has 0 aromatic heterocycles. The maximum atomic E-state index is 13.0. The molecule has 3 N–H and O–H groups in total. The van der Waals surface area contributed by atoms with Crippen LogP contribution in [0.25, 0.3) is 32.3 Å². The Bertz CT molecular complexity index is 1440. The predicted molar refractivity (Wildman–Crippen MR) is 130 cm³/mol. The van der Waals surface area contributed by atoms with E-state index < -0.39 is 11.9 Å². The molecule has 5 rings (SSSR count).